The normalized spacial score (nSPS) is 18.5. The summed E-state index contributed by atoms with van der Waals surface area (Å²) in [7, 11) is 0. The smallest absolute Gasteiger partial charge is 0.410 e. The molecule has 2 rings (SSSR count). The number of hydrogen-bond donors (Lipinski definition) is 1. The lowest BCUT2D eigenvalue weighted by atomic mass is 10.1. The lowest BCUT2D eigenvalue weighted by Crippen LogP contribution is -2.58. The summed E-state index contributed by atoms with van der Waals surface area (Å²) in [6.07, 6.45) is -0.538. The van der Waals surface area contributed by atoms with Gasteiger partial charge in [-0.25, -0.2) is 14.0 Å². The minimum absolute atomic E-state index is 0.0137. The zero-order valence-corrected chi connectivity index (χ0v) is 14.4. The molecule has 1 N–H and O–H groups in total. The number of hydrogen-bond acceptors (Lipinski definition) is 4. The standard InChI is InChI=1S/C17H23FN2O4/c1-11-12(18)6-5-7-13(11)20-9-8-19(10-14(20)15(21)22)16(23)24-17(2,3)4/h5-7,14H,8-10H2,1-4H3,(H,21,22). The van der Waals surface area contributed by atoms with E-state index < -0.39 is 23.7 Å². The number of carbonyl (C=O) groups is 2. The number of aliphatic carboxylic acids is 1. The highest BCUT2D eigenvalue weighted by atomic mass is 19.1. The Kier molecular flexibility index (Phi) is 5.01. The van der Waals surface area contributed by atoms with Gasteiger partial charge >= 0.3 is 12.1 Å². The van der Waals surface area contributed by atoms with Gasteiger partial charge in [0.1, 0.15) is 17.5 Å². The number of benzene rings is 1. The summed E-state index contributed by atoms with van der Waals surface area (Å²) >= 11 is 0. The first-order valence-electron chi connectivity index (χ1n) is 7.82. The maximum Gasteiger partial charge on any atom is 0.410 e. The fourth-order valence-electron chi connectivity index (χ4n) is 2.68. The molecule has 1 aliphatic heterocycles. The van der Waals surface area contributed by atoms with Crippen molar-refractivity contribution in [2.45, 2.75) is 39.3 Å². The van der Waals surface area contributed by atoms with Crippen LogP contribution in [0.2, 0.25) is 0 Å². The van der Waals surface area contributed by atoms with Crippen LogP contribution in [0.4, 0.5) is 14.9 Å². The number of nitrogens with zero attached hydrogens (tertiary/aromatic N) is 2. The van der Waals surface area contributed by atoms with Crippen LogP contribution in [0.15, 0.2) is 18.2 Å². The molecule has 0 bridgehead atoms. The summed E-state index contributed by atoms with van der Waals surface area (Å²) < 4.78 is 19.1. The third kappa shape index (κ3) is 3.96. The van der Waals surface area contributed by atoms with Gasteiger partial charge in [-0.3, -0.25) is 0 Å². The van der Waals surface area contributed by atoms with Crippen LogP contribution >= 0.6 is 0 Å². The van der Waals surface area contributed by atoms with E-state index in [4.69, 9.17) is 4.74 Å². The predicted octanol–water partition coefficient (Wildman–Crippen LogP) is 2.64. The van der Waals surface area contributed by atoms with Gasteiger partial charge in [0.25, 0.3) is 0 Å². The van der Waals surface area contributed by atoms with Crippen LogP contribution in [0.25, 0.3) is 0 Å². The van der Waals surface area contributed by atoms with Crippen LogP contribution in [0, 0.1) is 12.7 Å². The van der Waals surface area contributed by atoms with E-state index in [1.165, 1.54) is 11.0 Å². The summed E-state index contributed by atoms with van der Waals surface area (Å²) in [6, 6.07) is 3.63. The van der Waals surface area contributed by atoms with Crippen LogP contribution in [-0.4, -0.2) is 53.3 Å². The van der Waals surface area contributed by atoms with E-state index in [0.717, 1.165) is 0 Å². The minimum Gasteiger partial charge on any atom is -0.480 e. The molecule has 132 valence electrons. The number of amides is 1. The molecule has 1 fully saturated rings. The predicted molar refractivity (Wildman–Crippen MR) is 87.7 cm³/mol. The molecule has 0 saturated carbocycles. The highest BCUT2D eigenvalue weighted by Crippen LogP contribution is 2.27. The maximum atomic E-state index is 13.8. The number of carboxylic acids is 1. The third-order valence-electron chi connectivity index (χ3n) is 3.87. The molecular formula is C17H23FN2O4. The van der Waals surface area contributed by atoms with Gasteiger partial charge in [-0.05, 0) is 39.8 Å². The number of anilines is 1. The van der Waals surface area contributed by atoms with Gasteiger partial charge in [-0.1, -0.05) is 6.07 Å². The van der Waals surface area contributed by atoms with Gasteiger partial charge in [-0.15, -0.1) is 0 Å². The van der Waals surface area contributed by atoms with E-state index in [9.17, 15) is 19.1 Å². The molecule has 0 aromatic heterocycles. The fraction of sp³-hybridized carbons (Fsp3) is 0.529. The van der Waals surface area contributed by atoms with Crippen molar-refractivity contribution in [2.24, 2.45) is 0 Å². The van der Waals surface area contributed by atoms with Crippen molar-refractivity contribution in [3.05, 3.63) is 29.6 Å². The summed E-state index contributed by atoms with van der Waals surface area (Å²) in [5, 5.41) is 9.55. The maximum absolute atomic E-state index is 13.8. The van der Waals surface area contributed by atoms with Gasteiger partial charge in [0, 0.05) is 24.3 Å². The molecular weight excluding hydrogens is 315 g/mol. The Balaban J connectivity index is 2.22. The molecule has 1 aliphatic rings. The zero-order chi connectivity index (χ0) is 18.1. The quantitative estimate of drug-likeness (QED) is 0.898. The number of rotatable bonds is 2. The Morgan fingerprint density at radius 1 is 1.29 bits per heavy atom. The highest BCUT2D eigenvalue weighted by molar-refractivity contribution is 5.81. The lowest BCUT2D eigenvalue weighted by Gasteiger charge is -2.41. The number of halogens is 1. The van der Waals surface area contributed by atoms with Gasteiger partial charge in [-0.2, -0.15) is 0 Å². The van der Waals surface area contributed by atoms with Gasteiger partial charge in [0.05, 0.1) is 6.54 Å². The molecule has 0 aliphatic carbocycles. The second-order valence-electron chi connectivity index (χ2n) is 6.86. The minimum atomic E-state index is -1.06. The first kappa shape index (κ1) is 18.0. The second kappa shape index (κ2) is 6.67. The third-order valence-corrected chi connectivity index (χ3v) is 3.87. The first-order valence-corrected chi connectivity index (χ1v) is 7.82. The van der Waals surface area contributed by atoms with Crippen LogP contribution in [0.3, 0.4) is 0 Å². The molecule has 1 aromatic carbocycles. The molecule has 1 unspecified atom stereocenters. The number of carboxylic acid groups (broad SMARTS) is 1. The molecule has 7 heteroatoms. The molecule has 1 amide bonds. The Labute approximate surface area is 140 Å². The molecule has 1 saturated heterocycles. The largest absolute Gasteiger partial charge is 0.480 e. The molecule has 0 radical (unpaired) electrons. The Morgan fingerprint density at radius 2 is 1.96 bits per heavy atom. The van der Waals surface area contributed by atoms with Crippen LogP contribution in [0.5, 0.6) is 0 Å². The average molecular weight is 338 g/mol. The van der Waals surface area contributed by atoms with Gasteiger partial charge < -0.3 is 19.6 Å². The van der Waals surface area contributed by atoms with Crippen molar-refractivity contribution in [3.8, 4) is 0 Å². The topological polar surface area (TPSA) is 70.1 Å². The van der Waals surface area contributed by atoms with Crippen LogP contribution < -0.4 is 4.90 Å². The van der Waals surface area contributed by atoms with Crippen molar-refractivity contribution in [1.82, 2.24) is 4.90 Å². The summed E-state index contributed by atoms with van der Waals surface area (Å²) in [4.78, 5) is 26.9. The Hall–Kier alpha value is -2.31. The van der Waals surface area contributed by atoms with E-state index in [0.29, 0.717) is 24.3 Å². The lowest BCUT2D eigenvalue weighted by molar-refractivity contribution is -0.139. The zero-order valence-electron chi connectivity index (χ0n) is 14.4. The van der Waals surface area contributed by atoms with Crippen LogP contribution in [-0.2, 0) is 9.53 Å². The monoisotopic (exact) mass is 338 g/mol. The van der Waals surface area contributed by atoms with E-state index in [-0.39, 0.29) is 12.4 Å². The van der Waals surface area contributed by atoms with Gasteiger partial charge in [0.15, 0.2) is 0 Å². The Bertz CT molecular complexity index is 642. The first-order chi connectivity index (χ1) is 11.1. The average Bonchev–Trinajstić information content (AvgIpc) is 2.47. The van der Waals surface area contributed by atoms with Crippen molar-refractivity contribution in [2.75, 3.05) is 24.5 Å². The highest BCUT2D eigenvalue weighted by Gasteiger charge is 2.36. The molecule has 0 spiro atoms. The molecule has 1 aromatic rings. The van der Waals surface area contributed by atoms with Crippen LogP contribution in [0.1, 0.15) is 26.3 Å². The van der Waals surface area contributed by atoms with E-state index in [1.54, 1.807) is 44.7 Å². The molecule has 1 atom stereocenters. The van der Waals surface area contributed by atoms with E-state index in [1.807, 2.05) is 0 Å². The molecule has 6 nitrogen and oxygen atoms in total. The number of piperazine rings is 1. The summed E-state index contributed by atoms with van der Waals surface area (Å²) in [5.74, 6) is -1.45. The van der Waals surface area contributed by atoms with E-state index in [2.05, 4.69) is 0 Å². The fourth-order valence-corrected chi connectivity index (χ4v) is 2.68. The van der Waals surface area contributed by atoms with Crippen molar-refractivity contribution < 1.29 is 23.8 Å². The van der Waals surface area contributed by atoms with Crippen molar-refractivity contribution in [3.63, 3.8) is 0 Å². The SMILES string of the molecule is Cc1c(F)cccc1N1CCN(C(=O)OC(C)(C)C)CC1C(=O)O. The summed E-state index contributed by atoms with van der Waals surface area (Å²) in [6.45, 7) is 7.48. The van der Waals surface area contributed by atoms with Crippen molar-refractivity contribution >= 4 is 17.7 Å². The van der Waals surface area contributed by atoms with Crippen molar-refractivity contribution in [1.29, 1.82) is 0 Å². The summed E-state index contributed by atoms with van der Waals surface area (Å²) in [5.41, 5.74) is 0.284. The second-order valence-corrected chi connectivity index (χ2v) is 6.86. The number of carbonyl (C=O) groups excluding carboxylic acids is 1. The van der Waals surface area contributed by atoms with Gasteiger partial charge in [0.2, 0.25) is 0 Å². The number of ether oxygens (including phenoxy) is 1. The molecule has 24 heavy (non-hydrogen) atoms. The van der Waals surface area contributed by atoms with E-state index >= 15 is 0 Å². The Morgan fingerprint density at radius 3 is 2.54 bits per heavy atom. The molecule has 1 heterocycles.